The number of aromatic nitrogens is 2. The molecule has 0 unspecified atom stereocenters. The lowest BCUT2D eigenvalue weighted by molar-refractivity contribution is 0.669. The van der Waals surface area contributed by atoms with Crippen LogP contribution in [-0.2, 0) is 0 Å². The van der Waals surface area contributed by atoms with Crippen molar-refractivity contribution in [2.45, 2.75) is 0 Å². The van der Waals surface area contributed by atoms with Crippen molar-refractivity contribution in [3.8, 4) is 99.0 Å². The third-order valence-electron chi connectivity index (χ3n) is 23.3. The number of nitrogens with zero attached hydrogens (tertiary/aromatic N) is 4. The van der Waals surface area contributed by atoms with E-state index in [4.69, 9.17) is 18.8 Å². The van der Waals surface area contributed by atoms with Crippen LogP contribution in [0.4, 0.5) is 34.1 Å². The summed E-state index contributed by atoms with van der Waals surface area (Å²) in [7, 11) is 0. The van der Waals surface area contributed by atoms with E-state index in [1.165, 1.54) is 54.6 Å². The Balaban J connectivity index is 0.555. The second-order valence-corrected chi connectivity index (χ2v) is 32.3. The van der Waals surface area contributed by atoms with Gasteiger partial charge in [-0.15, -0.1) is 22.7 Å². The van der Waals surface area contributed by atoms with Crippen LogP contribution in [0, 0.1) is 0 Å². The van der Waals surface area contributed by atoms with E-state index in [1.807, 2.05) is 6.07 Å². The zero-order valence-corrected chi connectivity index (χ0v) is 65.3. The third-order valence-corrected chi connectivity index (χ3v) is 25.6. The average molecular weight is 1540 g/mol. The number of rotatable bonds is 15. The van der Waals surface area contributed by atoms with E-state index >= 15 is 0 Å². The van der Waals surface area contributed by atoms with E-state index in [2.05, 4.69) is 416 Å². The van der Waals surface area contributed by atoms with Crippen molar-refractivity contribution in [1.29, 1.82) is 0 Å². The van der Waals surface area contributed by atoms with Crippen LogP contribution in [0.15, 0.2) is 421 Å². The van der Waals surface area contributed by atoms with Gasteiger partial charge in [0.1, 0.15) is 32.3 Å². The van der Waals surface area contributed by atoms with Crippen molar-refractivity contribution >= 4 is 153 Å². The molecular weight excluding hydrogens is 1470 g/mol. The molecule has 4 aromatic heterocycles. The van der Waals surface area contributed by atoms with E-state index in [0.29, 0.717) is 0 Å². The van der Waals surface area contributed by atoms with Crippen LogP contribution in [0.5, 0.6) is 0 Å². The highest BCUT2D eigenvalue weighted by molar-refractivity contribution is 7.23. The van der Waals surface area contributed by atoms with Gasteiger partial charge < -0.3 is 18.6 Å². The minimum absolute atomic E-state index is 0.836. The molecule has 4 heterocycles. The van der Waals surface area contributed by atoms with Crippen LogP contribution in [0.1, 0.15) is 0 Å². The molecule has 23 rings (SSSR count). The Bertz CT molecular complexity index is 7860. The van der Waals surface area contributed by atoms with E-state index in [0.717, 1.165) is 175 Å². The van der Waals surface area contributed by atoms with E-state index < -0.39 is 0 Å². The summed E-state index contributed by atoms with van der Waals surface area (Å²) in [4.78, 5) is 15.2. The first-order valence-electron chi connectivity index (χ1n) is 39.9. The number of anilines is 6. The second-order valence-electron chi connectivity index (χ2n) is 30.3. The van der Waals surface area contributed by atoms with E-state index in [-0.39, 0.29) is 0 Å². The van der Waals surface area contributed by atoms with Gasteiger partial charge in [-0.2, -0.15) is 0 Å². The van der Waals surface area contributed by atoms with Crippen molar-refractivity contribution in [3.05, 3.63) is 413 Å². The fourth-order valence-electron chi connectivity index (χ4n) is 17.5. The molecule has 552 valence electrons. The summed E-state index contributed by atoms with van der Waals surface area (Å²) in [5, 5.41) is 13.7. The Morgan fingerprint density at radius 1 is 0.203 bits per heavy atom. The molecule has 0 saturated heterocycles. The molecule has 0 aliphatic rings. The second kappa shape index (κ2) is 28.5. The van der Waals surface area contributed by atoms with Crippen molar-refractivity contribution in [2.75, 3.05) is 9.80 Å². The molecule has 118 heavy (non-hydrogen) atoms. The number of hydrogen-bond donors (Lipinski definition) is 0. The monoisotopic (exact) mass is 1540 g/mol. The van der Waals surface area contributed by atoms with Gasteiger partial charge in [0.15, 0.2) is 0 Å². The first-order chi connectivity index (χ1) is 58.4. The van der Waals surface area contributed by atoms with Crippen molar-refractivity contribution in [1.82, 2.24) is 9.97 Å². The minimum Gasteiger partial charge on any atom is -0.456 e. The first kappa shape index (κ1) is 68.5. The molecule has 0 radical (unpaired) electrons. The van der Waals surface area contributed by atoms with Crippen molar-refractivity contribution in [3.63, 3.8) is 0 Å². The van der Waals surface area contributed by atoms with Crippen LogP contribution in [0.2, 0.25) is 0 Å². The molecule has 6 nitrogen and oxygen atoms in total. The Morgan fingerprint density at radius 2 is 0.619 bits per heavy atom. The Kier molecular flexibility index (Phi) is 16.5. The molecule has 0 N–H and O–H groups in total. The fraction of sp³-hybridized carbons (Fsp3) is 0. The van der Waals surface area contributed by atoms with Gasteiger partial charge in [0.25, 0.3) is 0 Å². The minimum atomic E-state index is 0.836. The number of benzene rings is 19. The molecule has 0 aliphatic carbocycles. The smallest absolute Gasteiger partial charge is 0.137 e. The molecule has 0 atom stereocenters. The lowest BCUT2D eigenvalue weighted by Gasteiger charge is -2.28. The maximum atomic E-state index is 6.80. The summed E-state index contributed by atoms with van der Waals surface area (Å²) in [6.45, 7) is 0. The summed E-state index contributed by atoms with van der Waals surface area (Å²) in [6, 6.07) is 149. The molecule has 23 aromatic rings. The lowest BCUT2D eigenvalue weighted by Crippen LogP contribution is -2.11. The maximum Gasteiger partial charge on any atom is 0.137 e. The van der Waals surface area contributed by atoms with Crippen LogP contribution >= 0.6 is 22.7 Å². The maximum absolute atomic E-state index is 6.80. The fourth-order valence-corrected chi connectivity index (χ4v) is 19.7. The zero-order valence-electron chi connectivity index (χ0n) is 63.7. The summed E-state index contributed by atoms with van der Waals surface area (Å²) >= 11 is 3.44. The number of thiazole rings is 2. The van der Waals surface area contributed by atoms with Crippen molar-refractivity contribution in [2.24, 2.45) is 0 Å². The van der Waals surface area contributed by atoms with Gasteiger partial charge in [-0.05, 0) is 244 Å². The largest absolute Gasteiger partial charge is 0.456 e. The van der Waals surface area contributed by atoms with E-state index in [1.54, 1.807) is 22.7 Å². The lowest BCUT2D eigenvalue weighted by atomic mass is 9.93. The summed E-state index contributed by atoms with van der Waals surface area (Å²) in [5.74, 6) is 0. The van der Waals surface area contributed by atoms with Gasteiger partial charge in [-0.25, -0.2) is 9.97 Å². The highest BCUT2D eigenvalue weighted by Crippen LogP contribution is 2.49. The molecule has 19 aromatic carbocycles. The van der Waals surface area contributed by atoms with Gasteiger partial charge in [-0.3, -0.25) is 0 Å². The normalized spacial score (nSPS) is 11.7. The number of hydrogen-bond acceptors (Lipinski definition) is 8. The van der Waals surface area contributed by atoms with Gasteiger partial charge in [0.2, 0.25) is 0 Å². The molecule has 0 fully saturated rings. The van der Waals surface area contributed by atoms with Crippen molar-refractivity contribution < 1.29 is 8.83 Å². The van der Waals surface area contributed by atoms with Gasteiger partial charge in [-0.1, -0.05) is 273 Å². The standard InChI is InChI=1S/C110H68N4O2S2/c1-3-18-69(19-4-1)71-38-48-86(49-39-71)113(90-30-17-27-79(65-90)80-37-36-70-20-7-8-23-76(70)62-80)87-50-40-72(41-51-87)81-46-57-96-104(67-81)116-102-61-59-99-108(106(96)102)118-110(112-99)85-29-16-26-78(64-85)77-25-15-28-83(63-77)92-32-13-14-35-100(92)114(89-54-44-74(45-55-89)97-66-84-24-9-10-31-91(84)93-33-11-12-34-94(93)97)88-52-42-73(43-53-88)82-47-56-95-103(68-82)115-101-60-58-98-107(105(95)101)117-109(111-98)75-21-5-2-6-22-75/h1-68H. The quantitative estimate of drug-likeness (QED) is 0.0954. The summed E-state index contributed by atoms with van der Waals surface area (Å²) < 4.78 is 15.7. The van der Waals surface area contributed by atoms with Crippen LogP contribution in [-0.4, -0.2) is 9.97 Å². The zero-order chi connectivity index (χ0) is 77.7. The Morgan fingerprint density at radius 3 is 1.24 bits per heavy atom. The summed E-state index contributed by atoms with van der Waals surface area (Å²) in [5.41, 5.74) is 29.6. The topological polar surface area (TPSA) is 58.5 Å². The highest BCUT2D eigenvalue weighted by atomic mass is 32.1. The Hall–Kier alpha value is -15.1. The predicted octanol–water partition coefficient (Wildman–Crippen LogP) is 32.1. The van der Waals surface area contributed by atoms with Crippen LogP contribution in [0.3, 0.4) is 0 Å². The number of furan rings is 2. The molecule has 0 amide bonds. The van der Waals surface area contributed by atoms with Crippen LogP contribution < -0.4 is 9.80 Å². The molecule has 8 heteroatoms. The predicted molar refractivity (Wildman–Crippen MR) is 498 cm³/mol. The van der Waals surface area contributed by atoms with E-state index in [9.17, 15) is 0 Å². The van der Waals surface area contributed by atoms with Gasteiger partial charge >= 0.3 is 0 Å². The number of fused-ring (bicyclic) bond motifs is 14. The van der Waals surface area contributed by atoms with Gasteiger partial charge in [0.05, 0.1) is 26.1 Å². The first-order valence-corrected chi connectivity index (χ1v) is 41.5. The molecule has 0 aliphatic heterocycles. The third kappa shape index (κ3) is 12.2. The highest BCUT2D eigenvalue weighted by Gasteiger charge is 2.24. The molecule has 0 bridgehead atoms. The molecular formula is C110H68N4O2S2. The summed E-state index contributed by atoms with van der Waals surface area (Å²) in [6.07, 6.45) is 0. The number of para-hydroxylation sites is 1. The SMILES string of the molecule is c1ccc(-c2ccc(N(c3ccc(-c4ccc5c(c4)oc4ccc6nc(-c7cccc(-c8cccc(-c9ccccc9N(c9ccc(-c%10ccc%11c(c%10)oc%10ccc%12nc(-c%13ccccc%13)sc%12c%10%11)cc9)c9ccc(-c%10cc%11ccccc%11c%11ccccc%10%11)cc9)c8)c7)sc6c45)cc3)c3cccc(-c4ccc5ccccc5c4)c3)cc2)cc1. The van der Waals surface area contributed by atoms with Crippen LogP contribution in [0.25, 0.3) is 196 Å². The average Bonchev–Trinajstić information content (AvgIpc) is 1.53. The molecule has 0 spiro atoms. The Labute approximate surface area is 688 Å². The van der Waals surface area contributed by atoms with Gasteiger partial charge in [0, 0.05) is 66.7 Å². The molecule has 0 saturated carbocycles.